The first-order valence-corrected chi connectivity index (χ1v) is 5.86. The molecule has 2 aromatic rings. The molecule has 0 saturated heterocycles. The maximum Gasteiger partial charge on any atom is 0.269 e. The van der Waals surface area contributed by atoms with Crippen molar-refractivity contribution in [2.24, 2.45) is 0 Å². The summed E-state index contributed by atoms with van der Waals surface area (Å²) in [5.74, 6) is -0.318. The predicted molar refractivity (Wildman–Crippen MR) is 74.7 cm³/mol. The average molecular weight is 274 g/mol. The van der Waals surface area contributed by atoms with Gasteiger partial charge >= 0.3 is 0 Å². The number of nitro benzene ring substituents is 1. The van der Waals surface area contributed by atoms with Crippen LogP contribution in [0.25, 0.3) is 0 Å². The normalized spacial score (nSPS) is 9.95. The molecule has 0 aliphatic rings. The Balaban J connectivity index is 2.11. The summed E-state index contributed by atoms with van der Waals surface area (Å²) in [6.45, 7) is 0. The SMILES string of the molecule is O=C(Nc1ccc(S)cc1)c1ccc([N+](=O)[O-])cc1. The van der Waals surface area contributed by atoms with Gasteiger partial charge in [0.2, 0.25) is 0 Å². The zero-order valence-corrected chi connectivity index (χ0v) is 10.6. The molecule has 0 radical (unpaired) electrons. The van der Waals surface area contributed by atoms with Gasteiger partial charge in [-0.2, -0.15) is 0 Å². The van der Waals surface area contributed by atoms with Crippen molar-refractivity contribution in [2.45, 2.75) is 4.90 Å². The number of nitrogens with zero attached hydrogens (tertiary/aromatic N) is 1. The molecule has 0 saturated carbocycles. The number of benzene rings is 2. The predicted octanol–water partition coefficient (Wildman–Crippen LogP) is 3.14. The maximum atomic E-state index is 11.9. The van der Waals surface area contributed by atoms with E-state index in [0.717, 1.165) is 4.90 Å². The highest BCUT2D eigenvalue weighted by molar-refractivity contribution is 7.80. The molecule has 6 heteroatoms. The van der Waals surface area contributed by atoms with E-state index in [1.54, 1.807) is 24.3 Å². The minimum absolute atomic E-state index is 0.0454. The summed E-state index contributed by atoms with van der Waals surface area (Å²) in [4.78, 5) is 22.7. The lowest BCUT2D eigenvalue weighted by Gasteiger charge is -2.05. The summed E-state index contributed by atoms with van der Waals surface area (Å²) in [5.41, 5.74) is 0.956. The molecular formula is C13H10N2O3S. The Morgan fingerprint density at radius 1 is 1.05 bits per heavy atom. The highest BCUT2D eigenvalue weighted by Crippen LogP contribution is 2.15. The number of thiol groups is 1. The third-order valence-corrected chi connectivity index (χ3v) is 2.76. The van der Waals surface area contributed by atoms with Crippen LogP contribution in [0.15, 0.2) is 53.4 Å². The molecule has 0 bridgehead atoms. The summed E-state index contributed by atoms with van der Waals surface area (Å²) in [7, 11) is 0. The number of nitro groups is 1. The van der Waals surface area contributed by atoms with Gasteiger partial charge in [-0.25, -0.2) is 0 Å². The Kier molecular flexibility index (Phi) is 3.82. The molecule has 0 atom stereocenters. The van der Waals surface area contributed by atoms with E-state index in [0.29, 0.717) is 11.3 Å². The lowest BCUT2D eigenvalue weighted by molar-refractivity contribution is -0.384. The fourth-order valence-corrected chi connectivity index (χ4v) is 1.63. The molecule has 1 N–H and O–H groups in total. The van der Waals surface area contributed by atoms with Gasteiger partial charge in [-0.05, 0) is 36.4 Å². The van der Waals surface area contributed by atoms with Crippen LogP contribution in [0.2, 0.25) is 0 Å². The smallest absolute Gasteiger partial charge is 0.269 e. The van der Waals surface area contributed by atoms with E-state index in [2.05, 4.69) is 17.9 Å². The van der Waals surface area contributed by atoms with Gasteiger partial charge in [0.15, 0.2) is 0 Å². The fraction of sp³-hybridized carbons (Fsp3) is 0. The monoisotopic (exact) mass is 274 g/mol. The number of hydrogen-bond acceptors (Lipinski definition) is 4. The zero-order valence-electron chi connectivity index (χ0n) is 9.74. The maximum absolute atomic E-state index is 11.9. The molecule has 0 heterocycles. The first-order valence-electron chi connectivity index (χ1n) is 5.41. The van der Waals surface area contributed by atoms with Crippen LogP contribution in [0.1, 0.15) is 10.4 Å². The molecule has 0 unspecified atom stereocenters. The number of carbonyl (C=O) groups is 1. The topological polar surface area (TPSA) is 72.2 Å². The summed E-state index contributed by atoms with van der Waals surface area (Å²) < 4.78 is 0. The number of anilines is 1. The van der Waals surface area contributed by atoms with Crippen LogP contribution in [0.3, 0.4) is 0 Å². The van der Waals surface area contributed by atoms with Crippen LogP contribution >= 0.6 is 12.6 Å². The van der Waals surface area contributed by atoms with Gasteiger partial charge in [0, 0.05) is 28.3 Å². The molecule has 19 heavy (non-hydrogen) atoms. The van der Waals surface area contributed by atoms with E-state index in [-0.39, 0.29) is 11.6 Å². The van der Waals surface area contributed by atoms with E-state index < -0.39 is 4.92 Å². The van der Waals surface area contributed by atoms with Crippen LogP contribution in [0.5, 0.6) is 0 Å². The third kappa shape index (κ3) is 3.32. The van der Waals surface area contributed by atoms with Crippen LogP contribution in [0.4, 0.5) is 11.4 Å². The Hall–Kier alpha value is -2.34. The largest absolute Gasteiger partial charge is 0.322 e. The second kappa shape index (κ2) is 5.53. The van der Waals surface area contributed by atoms with Crippen molar-refractivity contribution in [3.63, 3.8) is 0 Å². The number of rotatable bonds is 3. The molecular weight excluding hydrogens is 264 g/mol. The molecule has 1 amide bonds. The highest BCUT2D eigenvalue weighted by Gasteiger charge is 2.09. The lowest BCUT2D eigenvalue weighted by atomic mass is 10.2. The number of hydrogen-bond donors (Lipinski definition) is 2. The van der Waals surface area contributed by atoms with E-state index in [9.17, 15) is 14.9 Å². The second-order valence-corrected chi connectivity index (χ2v) is 4.32. The van der Waals surface area contributed by atoms with Crippen molar-refractivity contribution >= 4 is 29.9 Å². The summed E-state index contributed by atoms with van der Waals surface area (Å²) >= 11 is 4.15. The van der Waals surface area contributed by atoms with Crippen molar-refractivity contribution in [2.75, 3.05) is 5.32 Å². The van der Waals surface area contributed by atoms with Gasteiger partial charge in [-0.15, -0.1) is 12.6 Å². The Morgan fingerprint density at radius 3 is 2.16 bits per heavy atom. The average Bonchev–Trinajstić information content (AvgIpc) is 2.41. The van der Waals surface area contributed by atoms with E-state index in [1.807, 2.05) is 0 Å². The van der Waals surface area contributed by atoms with Crippen LogP contribution < -0.4 is 5.32 Å². The van der Waals surface area contributed by atoms with Gasteiger partial charge in [0.05, 0.1) is 4.92 Å². The second-order valence-electron chi connectivity index (χ2n) is 3.80. The molecule has 2 rings (SSSR count). The molecule has 5 nitrogen and oxygen atoms in total. The quantitative estimate of drug-likeness (QED) is 0.513. The van der Waals surface area contributed by atoms with Gasteiger partial charge < -0.3 is 5.32 Å². The molecule has 96 valence electrons. The molecule has 0 aliphatic heterocycles. The van der Waals surface area contributed by atoms with Gasteiger partial charge in [-0.3, -0.25) is 14.9 Å². The summed E-state index contributed by atoms with van der Waals surface area (Å²) in [6.07, 6.45) is 0. The lowest BCUT2D eigenvalue weighted by Crippen LogP contribution is -2.11. The number of amides is 1. The molecule has 0 fully saturated rings. The van der Waals surface area contributed by atoms with E-state index >= 15 is 0 Å². The van der Waals surface area contributed by atoms with Crippen LogP contribution in [-0.2, 0) is 0 Å². The Bertz CT molecular complexity index is 609. The fourth-order valence-electron chi connectivity index (χ4n) is 1.48. The van der Waals surface area contributed by atoms with Crippen molar-refractivity contribution in [1.29, 1.82) is 0 Å². The standard InChI is InChI=1S/C13H10N2O3S/c16-13(14-10-3-7-12(19)8-4-10)9-1-5-11(6-2-9)15(17)18/h1-8,19H,(H,14,16). The first kappa shape index (κ1) is 13.1. The molecule has 0 aliphatic carbocycles. The van der Waals surface area contributed by atoms with Gasteiger partial charge in [0.1, 0.15) is 0 Å². The first-order chi connectivity index (χ1) is 9.06. The van der Waals surface area contributed by atoms with Crippen molar-refractivity contribution in [1.82, 2.24) is 0 Å². The van der Waals surface area contributed by atoms with Crippen molar-refractivity contribution in [3.8, 4) is 0 Å². The van der Waals surface area contributed by atoms with Crippen LogP contribution in [-0.4, -0.2) is 10.8 Å². The molecule has 2 aromatic carbocycles. The van der Waals surface area contributed by atoms with Crippen molar-refractivity contribution < 1.29 is 9.72 Å². The number of carbonyl (C=O) groups excluding carboxylic acids is 1. The van der Waals surface area contributed by atoms with Gasteiger partial charge in [0.25, 0.3) is 11.6 Å². The van der Waals surface area contributed by atoms with Crippen molar-refractivity contribution in [3.05, 3.63) is 64.2 Å². The third-order valence-electron chi connectivity index (χ3n) is 2.47. The van der Waals surface area contributed by atoms with Crippen LogP contribution in [0, 0.1) is 10.1 Å². The molecule has 0 spiro atoms. The minimum Gasteiger partial charge on any atom is -0.322 e. The van der Waals surface area contributed by atoms with Gasteiger partial charge in [-0.1, -0.05) is 0 Å². The molecule has 0 aromatic heterocycles. The Morgan fingerprint density at radius 2 is 1.63 bits per heavy atom. The zero-order chi connectivity index (χ0) is 13.8. The highest BCUT2D eigenvalue weighted by atomic mass is 32.1. The number of non-ortho nitro benzene ring substituents is 1. The van der Waals surface area contributed by atoms with E-state index in [4.69, 9.17) is 0 Å². The summed E-state index contributed by atoms with van der Waals surface area (Å²) in [5, 5.41) is 13.2. The summed E-state index contributed by atoms with van der Waals surface area (Å²) in [6, 6.07) is 12.4. The number of nitrogens with one attached hydrogen (secondary N) is 1. The Labute approximate surface area is 114 Å². The minimum atomic E-state index is -0.507. The van der Waals surface area contributed by atoms with E-state index in [1.165, 1.54) is 24.3 Å².